The summed E-state index contributed by atoms with van der Waals surface area (Å²) in [5, 5.41) is 0. The molecule has 0 bridgehead atoms. The minimum absolute atomic E-state index is 0.132. The van der Waals surface area contributed by atoms with Crippen LogP contribution in [0, 0.1) is 0 Å². The van der Waals surface area contributed by atoms with Crippen molar-refractivity contribution in [2.75, 3.05) is 44.4 Å². The molecule has 1 aromatic carbocycles. The summed E-state index contributed by atoms with van der Waals surface area (Å²) in [6.07, 6.45) is 0.741. The highest BCUT2D eigenvalue weighted by Crippen LogP contribution is 2.20. The van der Waals surface area contributed by atoms with Gasteiger partial charge in [0.05, 0.1) is 11.5 Å². The molecule has 1 aliphatic heterocycles. The molecule has 2 N–H and O–H groups in total. The van der Waals surface area contributed by atoms with Crippen LogP contribution in [0.15, 0.2) is 24.3 Å². The highest BCUT2D eigenvalue weighted by molar-refractivity contribution is 7.91. The van der Waals surface area contributed by atoms with Gasteiger partial charge in [0, 0.05) is 31.4 Å². The highest BCUT2D eigenvalue weighted by atomic mass is 32.2. The molecule has 1 atom stereocenters. The predicted octanol–water partition coefficient (Wildman–Crippen LogP) is 0.819. The summed E-state index contributed by atoms with van der Waals surface area (Å²) in [5.41, 5.74) is 7.64. The number of rotatable bonds is 6. The molecule has 6 heteroatoms. The van der Waals surface area contributed by atoms with Gasteiger partial charge in [-0.05, 0) is 38.2 Å². The van der Waals surface area contributed by atoms with Crippen molar-refractivity contribution in [1.82, 2.24) is 9.80 Å². The lowest BCUT2D eigenvalue weighted by atomic mass is 10.1. The van der Waals surface area contributed by atoms with E-state index in [0.717, 1.165) is 31.7 Å². The van der Waals surface area contributed by atoms with E-state index in [9.17, 15) is 8.42 Å². The first-order valence-corrected chi connectivity index (χ1v) is 9.11. The van der Waals surface area contributed by atoms with Gasteiger partial charge in [-0.2, -0.15) is 0 Å². The van der Waals surface area contributed by atoms with Gasteiger partial charge >= 0.3 is 0 Å². The molecule has 2 rings (SSSR count). The second-order valence-corrected chi connectivity index (χ2v) is 8.30. The molecule has 0 aliphatic carbocycles. The fourth-order valence-corrected chi connectivity index (χ4v) is 4.40. The molecular weight excluding hydrogens is 286 g/mol. The van der Waals surface area contributed by atoms with Crippen molar-refractivity contribution < 1.29 is 8.42 Å². The molecule has 0 radical (unpaired) electrons. The molecule has 1 fully saturated rings. The van der Waals surface area contributed by atoms with Gasteiger partial charge in [0.1, 0.15) is 0 Å². The maximum atomic E-state index is 11.7. The molecule has 1 saturated heterocycles. The molecule has 118 valence electrons. The lowest BCUT2D eigenvalue weighted by molar-refractivity contribution is 0.183. The van der Waals surface area contributed by atoms with E-state index in [2.05, 4.69) is 9.80 Å². The molecule has 5 nitrogen and oxygen atoms in total. The zero-order valence-electron chi connectivity index (χ0n) is 12.8. The van der Waals surface area contributed by atoms with Crippen molar-refractivity contribution in [2.45, 2.75) is 19.0 Å². The third-order valence-corrected chi connectivity index (χ3v) is 5.67. The summed E-state index contributed by atoms with van der Waals surface area (Å²) in [4.78, 5) is 4.41. The second kappa shape index (κ2) is 6.77. The third-order valence-electron chi connectivity index (χ3n) is 3.92. The monoisotopic (exact) mass is 311 g/mol. The number of hydrogen-bond donors (Lipinski definition) is 1. The van der Waals surface area contributed by atoms with Crippen molar-refractivity contribution in [3.05, 3.63) is 29.8 Å². The van der Waals surface area contributed by atoms with Crippen LogP contribution in [0.25, 0.3) is 0 Å². The zero-order valence-corrected chi connectivity index (χ0v) is 13.6. The molecule has 0 saturated carbocycles. The number of hydrogen-bond acceptors (Lipinski definition) is 5. The lowest BCUT2D eigenvalue weighted by Crippen LogP contribution is -2.40. The number of nitrogens with zero attached hydrogens (tertiary/aromatic N) is 2. The molecule has 1 aromatic rings. The Balaban J connectivity index is 2.06. The van der Waals surface area contributed by atoms with Gasteiger partial charge < -0.3 is 10.6 Å². The molecule has 0 amide bonds. The minimum atomic E-state index is -2.85. The number of nitrogen functional groups attached to an aromatic ring is 1. The summed E-state index contributed by atoms with van der Waals surface area (Å²) in [6.45, 7) is 2.57. The smallest absolute Gasteiger partial charge is 0.151 e. The predicted molar refractivity (Wildman–Crippen MR) is 86.9 cm³/mol. The van der Waals surface area contributed by atoms with Crippen LogP contribution in [0.1, 0.15) is 12.0 Å². The fourth-order valence-electron chi connectivity index (χ4n) is 2.64. The summed E-state index contributed by atoms with van der Waals surface area (Å²) < 4.78 is 23.5. The average molecular weight is 311 g/mol. The molecule has 1 heterocycles. The third kappa shape index (κ3) is 4.98. The topological polar surface area (TPSA) is 66.6 Å². The van der Waals surface area contributed by atoms with Gasteiger partial charge in [-0.25, -0.2) is 8.42 Å². The molecule has 21 heavy (non-hydrogen) atoms. The number of likely N-dealkylation sites (N-methyl/N-ethyl adjacent to an activating group) is 1. The first-order chi connectivity index (χ1) is 9.85. The van der Waals surface area contributed by atoms with Crippen molar-refractivity contribution in [3.63, 3.8) is 0 Å². The van der Waals surface area contributed by atoms with Crippen molar-refractivity contribution >= 4 is 15.5 Å². The van der Waals surface area contributed by atoms with Crippen LogP contribution in [0.2, 0.25) is 0 Å². The molecule has 0 unspecified atom stereocenters. The van der Waals surface area contributed by atoms with Crippen molar-refractivity contribution in [2.24, 2.45) is 0 Å². The molecule has 0 aromatic heterocycles. The van der Waals surface area contributed by atoms with Gasteiger partial charge in [0.2, 0.25) is 0 Å². The Hall–Kier alpha value is -1.11. The number of anilines is 1. The van der Waals surface area contributed by atoms with Gasteiger partial charge in [0.25, 0.3) is 0 Å². The molecule has 1 aliphatic rings. The standard InChI is InChI=1S/C15H25N3O2S/c1-17(2)8-9-18(15-7-10-21(19,20)12-15)11-13-3-5-14(16)6-4-13/h3-6,15H,7-12,16H2,1-2H3/t15-/m0/s1. The Morgan fingerprint density at radius 3 is 2.38 bits per heavy atom. The SMILES string of the molecule is CN(C)CCN(Cc1ccc(N)cc1)[C@H]1CCS(=O)(=O)C1. The second-order valence-electron chi connectivity index (χ2n) is 6.07. The summed E-state index contributed by atoms with van der Waals surface area (Å²) in [5.74, 6) is 0.604. The van der Waals surface area contributed by atoms with Crippen LogP contribution in [0.4, 0.5) is 5.69 Å². The Kier molecular flexibility index (Phi) is 5.24. The van der Waals surface area contributed by atoms with E-state index in [-0.39, 0.29) is 11.8 Å². The maximum Gasteiger partial charge on any atom is 0.151 e. The van der Waals surface area contributed by atoms with Crippen LogP contribution in [-0.4, -0.2) is 63.0 Å². The van der Waals surface area contributed by atoms with Crippen LogP contribution in [0.5, 0.6) is 0 Å². The lowest BCUT2D eigenvalue weighted by Gasteiger charge is -2.29. The fraction of sp³-hybridized carbons (Fsp3) is 0.600. The Labute approximate surface area is 127 Å². The van der Waals surface area contributed by atoms with E-state index in [0.29, 0.717) is 5.75 Å². The first kappa shape index (κ1) is 16.3. The van der Waals surface area contributed by atoms with Crippen molar-refractivity contribution in [3.8, 4) is 0 Å². The quantitative estimate of drug-likeness (QED) is 0.788. The number of sulfone groups is 1. The van der Waals surface area contributed by atoms with E-state index in [1.807, 2.05) is 38.4 Å². The van der Waals surface area contributed by atoms with Crippen LogP contribution < -0.4 is 5.73 Å². The van der Waals surface area contributed by atoms with E-state index < -0.39 is 9.84 Å². The Morgan fingerprint density at radius 1 is 1.19 bits per heavy atom. The Morgan fingerprint density at radius 2 is 1.86 bits per heavy atom. The van der Waals surface area contributed by atoms with Crippen LogP contribution in [-0.2, 0) is 16.4 Å². The number of nitrogens with two attached hydrogens (primary N) is 1. The van der Waals surface area contributed by atoms with Gasteiger partial charge in [0.15, 0.2) is 9.84 Å². The van der Waals surface area contributed by atoms with E-state index >= 15 is 0 Å². The van der Waals surface area contributed by atoms with Gasteiger partial charge in [-0.3, -0.25) is 4.90 Å². The normalized spacial score (nSPS) is 21.2. The Bertz CT molecular complexity index is 555. The summed E-state index contributed by atoms with van der Waals surface area (Å²) in [7, 11) is 1.22. The minimum Gasteiger partial charge on any atom is -0.399 e. The van der Waals surface area contributed by atoms with Crippen molar-refractivity contribution in [1.29, 1.82) is 0 Å². The van der Waals surface area contributed by atoms with E-state index in [4.69, 9.17) is 5.73 Å². The van der Waals surface area contributed by atoms with Crippen LogP contribution >= 0.6 is 0 Å². The first-order valence-electron chi connectivity index (χ1n) is 7.29. The summed E-state index contributed by atoms with van der Waals surface area (Å²) in [6, 6.07) is 7.95. The van der Waals surface area contributed by atoms with Crippen LogP contribution in [0.3, 0.4) is 0 Å². The van der Waals surface area contributed by atoms with E-state index in [1.165, 1.54) is 5.56 Å². The molecule has 0 spiro atoms. The maximum absolute atomic E-state index is 11.7. The molecular formula is C15H25N3O2S. The number of benzene rings is 1. The zero-order chi connectivity index (χ0) is 15.5. The van der Waals surface area contributed by atoms with Gasteiger partial charge in [-0.1, -0.05) is 12.1 Å². The summed E-state index contributed by atoms with van der Waals surface area (Å²) >= 11 is 0. The largest absolute Gasteiger partial charge is 0.399 e. The average Bonchev–Trinajstić information content (AvgIpc) is 2.77. The highest BCUT2D eigenvalue weighted by Gasteiger charge is 2.32. The van der Waals surface area contributed by atoms with Gasteiger partial charge in [-0.15, -0.1) is 0 Å². The van der Waals surface area contributed by atoms with E-state index in [1.54, 1.807) is 0 Å².